The SMILES string of the molecule is CCC1OC(CO)C(O)C1C. The third kappa shape index (κ3) is 1.55. The normalized spacial score (nSPS) is 44.7. The molecule has 3 heteroatoms. The maximum atomic E-state index is 9.47. The molecule has 3 nitrogen and oxygen atoms in total. The Hall–Kier alpha value is -0.120. The second-order valence-corrected chi connectivity index (χ2v) is 3.15. The molecule has 1 aliphatic heterocycles. The first-order valence-electron chi connectivity index (χ1n) is 4.15. The topological polar surface area (TPSA) is 49.7 Å². The van der Waals surface area contributed by atoms with Crippen molar-refractivity contribution in [3.05, 3.63) is 0 Å². The number of hydrogen-bond acceptors (Lipinski definition) is 3. The largest absolute Gasteiger partial charge is 0.394 e. The molecular formula is C8H16O3. The quantitative estimate of drug-likeness (QED) is 0.604. The van der Waals surface area contributed by atoms with E-state index in [0.717, 1.165) is 6.42 Å². The zero-order chi connectivity index (χ0) is 8.43. The van der Waals surface area contributed by atoms with E-state index in [9.17, 15) is 5.11 Å². The fourth-order valence-electron chi connectivity index (χ4n) is 1.61. The molecule has 0 bridgehead atoms. The van der Waals surface area contributed by atoms with Crippen molar-refractivity contribution in [2.24, 2.45) is 5.92 Å². The minimum absolute atomic E-state index is 0.0813. The van der Waals surface area contributed by atoms with Crippen molar-refractivity contribution in [3.8, 4) is 0 Å². The van der Waals surface area contributed by atoms with Crippen LogP contribution in [0, 0.1) is 5.92 Å². The van der Waals surface area contributed by atoms with Crippen LogP contribution in [-0.2, 0) is 4.74 Å². The number of aliphatic hydroxyl groups is 2. The van der Waals surface area contributed by atoms with Gasteiger partial charge in [0.1, 0.15) is 6.10 Å². The first-order chi connectivity index (χ1) is 5.20. The minimum Gasteiger partial charge on any atom is -0.394 e. The Morgan fingerprint density at radius 2 is 2.00 bits per heavy atom. The van der Waals surface area contributed by atoms with E-state index in [-0.39, 0.29) is 24.7 Å². The molecule has 11 heavy (non-hydrogen) atoms. The average Bonchev–Trinajstić information content (AvgIpc) is 2.30. The third-order valence-electron chi connectivity index (χ3n) is 2.44. The summed E-state index contributed by atoms with van der Waals surface area (Å²) >= 11 is 0. The van der Waals surface area contributed by atoms with Crippen LogP contribution >= 0.6 is 0 Å². The fourth-order valence-corrected chi connectivity index (χ4v) is 1.61. The molecule has 0 radical (unpaired) electrons. The summed E-state index contributed by atoms with van der Waals surface area (Å²) in [6.45, 7) is 3.89. The van der Waals surface area contributed by atoms with E-state index >= 15 is 0 Å². The molecule has 0 spiro atoms. The first kappa shape index (κ1) is 8.97. The highest BCUT2D eigenvalue weighted by atomic mass is 16.5. The number of rotatable bonds is 2. The van der Waals surface area contributed by atoms with E-state index in [2.05, 4.69) is 0 Å². The van der Waals surface area contributed by atoms with E-state index in [4.69, 9.17) is 9.84 Å². The van der Waals surface area contributed by atoms with Gasteiger partial charge in [-0.15, -0.1) is 0 Å². The molecule has 0 aliphatic carbocycles. The molecule has 1 heterocycles. The highest BCUT2D eigenvalue weighted by molar-refractivity contribution is 4.86. The van der Waals surface area contributed by atoms with Crippen molar-refractivity contribution in [1.82, 2.24) is 0 Å². The van der Waals surface area contributed by atoms with Crippen LogP contribution in [-0.4, -0.2) is 35.1 Å². The Balaban J connectivity index is 2.53. The van der Waals surface area contributed by atoms with Crippen molar-refractivity contribution in [1.29, 1.82) is 0 Å². The first-order valence-corrected chi connectivity index (χ1v) is 4.15. The molecule has 1 aliphatic rings. The van der Waals surface area contributed by atoms with Crippen LogP contribution in [0.3, 0.4) is 0 Å². The number of aliphatic hydroxyl groups excluding tert-OH is 2. The van der Waals surface area contributed by atoms with Gasteiger partial charge in [0.25, 0.3) is 0 Å². The summed E-state index contributed by atoms with van der Waals surface area (Å²) in [4.78, 5) is 0. The Kier molecular flexibility index (Phi) is 2.87. The molecule has 0 aromatic heterocycles. The molecule has 1 saturated heterocycles. The second-order valence-electron chi connectivity index (χ2n) is 3.15. The van der Waals surface area contributed by atoms with Gasteiger partial charge in [-0.25, -0.2) is 0 Å². The lowest BCUT2D eigenvalue weighted by Crippen LogP contribution is -2.28. The van der Waals surface area contributed by atoms with Gasteiger partial charge in [0.15, 0.2) is 0 Å². The number of ether oxygens (including phenoxy) is 1. The van der Waals surface area contributed by atoms with Crippen LogP contribution in [0.2, 0.25) is 0 Å². The van der Waals surface area contributed by atoms with Gasteiger partial charge in [-0.3, -0.25) is 0 Å². The second kappa shape index (κ2) is 3.52. The Morgan fingerprint density at radius 3 is 2.27 bits per heavy atom. The molecule has 0 amide bonds. The van der Waals surface area contributed by atoms with Crippen molar-refractivity contribution in [2.45, 2.75) is 38.6 Å². The van der Waals surface area contributed by atoms with Crippen LogP contribution in [0.15, 0.2) is 0 Å². The summed E-state index contributed by atoms with van der Waals surface area (Å²) in [6, 6.07) is 0. The summed E-state index contributed by atoms with van der Waals surface area (Å²) in [6.07, 6.45) is 0.149. The molecule has 4 atom stereocenters. The average molecular weight is 160 g/mol. The number of hydrogen-bond donors (Lipinski definition) is 2. The van der Waals surface area contributed by atoms with Crippen LogP contribution in [0.5, 0.6) is 0 Å². The predicted octanol–water partition coefficient (Wildman–Crippen LogP) is 0.153. The molecule has 0 saturated carbocycles. The van der Waals surface area contributed by atoms with Crippen LogP contribution in [0.25, 0.3) is 0 Å². The van der Waals surface area contributed by atoms with E-state index in [1.54, 1.807) is 0 Å². The minimum atomic E-state index is -0.495. The summed E-state index contributed by atoms with van der Waals surface area (Å²) in [5.74, 6) is 0.150. The Labute approximate surface area is 67.0 Å². The van der Waals surface area contributed by atoms with Crippen LogP contribution in [0.4, 0.5) is 0 Å². The van der Waals surface area contributed by atoms with Crippen molar-refractivity contribution in [3.63, 3.8) is 0 Å². The molecule has 0 aromatic carbocycles. The molecule has 1 fully saturated rings. The summed E-state index contributed by atoms with van der Waals surface area (Å²) in [7, 11) is 0. The zero-order valence-electron chi connectivity index (χ0n) is 7.03. The van der Waals surface area contributed by atoms with E-state index in [0.29, 0.717) is 0 Å². The maximum absolute atomic E-state index is 9.47. The van der Waals surface area contributed by atoms with Gasteiger partial charge < -0.3 is 14.9 Å². The summed E-state index contributed by atoms with van der Waals surface area (Å²) < 4.78 is 5.38. The maximum Gasteiger partial charge on any atom is 0.107 e. The van der Waals surface area contributed by atoms with Gasteiger partial charge in [-0.1, -0.05) is 13.8 Å². The van der Waals surface area contributed by atoms with Crippen LogP contribution in [0.1, 0.15) is 20.3 Å². The van der Waals surface area contributed by atoms with Crippen LogP contribution < -0.4 is 0 Å². The van der Waals surface area contributed by atoms with Crippen molar-refractivity contribution < 1.29 is 14.9 Å². The Morgan fingerprint density at radius 1 is 1.36 bits per heavy atom. The summed E-state index contributed by atoms with van der Waals surface area (Å²) in [5, 5.41) is 18.3. The molecule has 66 valence electrons. The predicted molar refractivity (Wildman–Crippen MR) is 41.2 cm³/mol. The van der Waals surface area contributed by atoms with Gasteiger partial charge in [-0.05, 0) is 6.42 Å². The Bertz CT molecular complexity index is 109. The monoisotopic (exact) mass is 160 g/mol. The van der Waals surface area contributed by atoms with E-state index in [1.165, 1.54) is 0 Å². The molecule has 2 N–H and O–H groups in total. The van der Waals surface area contributed by atoms with Gasteiger partial charge in [-0.2, -0.15) is 0 Å². The standard InChI is InChI=1S/C8H16O3/c1-3-6-5(2)8(10)7(4-9)11-6/h5-10H,3-4H2,1-2H3. The molecular weight excluding hydrogens is 144 g/mol. The highest BCUT2D eigenvalue weighted by Crippen LogP contribution is 2.28. The van der Waals surface area contributed by atoms with E-state index < -0.39 is 6.10 Å². The zero-order valence-corrected chi connectivity index (χ0v) is 7.03. The van der Waals surface area contributed by atoms with Crippen molar-refractivity contribution in [2.75, 3.05) is 6.61 Å². The van der Waals surface area contributed by atoms with E-state index in [1.807, 2.05) is 13.8 Å². The fraction of sp³-hybridized carbons (Fsp3) is 1.00. The lowest BCUT2D eigenvalue weighted by molar-refractivity contribution is -0.0224. The van der Waals surface area contributed by atoms with Gasteiger partial charge in [0.05, 0.1) is 18.8 Å². The lowest BCUT2D eigenvalue weighted by atomic mass is 9.97. The van der Waals surface area contributed by atoms with Gasteiger partial charge in [0, 0.05) is 5.92 Å². The van der Waals surface area contributed by atoms with Gasteiger partial charge >= 0.3 is 0 Å². The molecule has 4 unspecified atom stereocenters. The molecule has 0 aromatic rings. The lowest BCUT2D eigenvalue weighted by Gasteiger charge is -2.12. The highest BCUT2D eigenvalue weighted by Gasteiger charge is 2.38. The third-order valence-corrected chi connectivity index (χ3v) is 2.44. The van der Waals surface area contributed by atoms with Gasteiger partial charge in [0.2, 0.25) is 0 Å². The smallest absolute Gasteiger partial charge is 0.107 e. The summed E-state index contributed by atoms with van der Waals surface area (Å²) in [5.41, 5.74) is 0. The van der Waals surface area contributed by atoms with Crippen molar-refractivity contribution >= 4 is 0 Å². The molecule has 1 rings (SSSR count).